The van der Waals surface area contributed by atoms with E-state index in [1.165, 1.54) is 16.9 Å². The Morgan fingerprint density at radius 3 is 2.20 bits per heavy atom. The average Bonchev–Trinajstić information content (AvgIpc) is 3.52. The minimum atomic E-state index is -2.13. The molecule has 2 aromatic rings. The van der Waals surface area contributed by atoms with E-state index >= 15 is 0 Å². The monoisotopic (exact) mass is 631 g/mol. The van der Waals surface area contributed by atoms with E-state index in [2.05, 4.69) is 16.2 Å². The first kappa shape index (κ1) is 35.4. The van der Waals surface area contributed by atoms with Gasteiger partial charge in [-0.05, 0) is 58.1 Å². The SMILES string of the molecule is CCC(C)(C)CC(=O)O[C@H]1[C@@H](OC(=O)OC(C)(C)CC)[C@](C#N)(c2ccc3c(N)ncnn23)O[C@@H]1COC(=O)OC(C)(C)CC. The molecule has 14 nitrogen and oxygen atoms in total. The number of fused-ring (bicyclic) bond motifs is 1. The number of anilines is 1. The summed E-state index contributed by atoms with van der Waals surface area (Å²) in [5, 5.41) is 15.0. The molecule has 45 heavy (non-hydrogen) atoms. The molecule has 0 spiro atoms. The van der Waals surface area contributed by atoms with Gasteiger partial charge in [0, 0.05) is 0 Å². The predicted molar refractivity (Wildman–Crippen MR) is 161 cm³/mol. The van der Waals surface area contributed by atoms with E-state index in [1.54, 1.807) is 33.8 Å². The second-order valence-electron chi connectivity index (χ2n) is 13.1. The fourth-order valence-electron chi connectivity index (χ4n) is 4.42. The molecule has 0 unspecified atom stereocenters. The van der Waals surface area contributed by atoms with Gasteiger partial charge in [0.2, 0.25) is 5.60 Å². The summed E-state index contributed by atoms with van der Waals surface area (Å²) in [6, 6.07) is 5.20. The zero-order chi connectivity index (χ0) is 33.8. The number of nitrogens with two attached hydrogens (primary N) is 1. The molecule has 3 heterocycles. The molecule has 1 saturated heterocycles. The van der Waals surface area contributed by atoms with E-state index in [0.29, 0.717) is 24.8 Å². The first-order chi connectivity index (χ1) is 20.9. The van der Waals surface area contributed by atoms with E-state index < -0.39 is 65.4 Å². The summed E-state index contributed by atoms with van der Waals surface area (Å²) in [5.74, 6) is -0.513. The summed E-state index contributed by atoms with van der Waals surface area (Å²) < 4.78 is 35.7. The topological polar surface area (TPSA) is 187 Å². The van der Waals surface area contributed by atoms with E-state index in [-0.39, 0.29) is 17.9 Å². The van der Waals surface area contributed by atoms with Crippen molar-refractivity contribution in [1.82, 2.24) is 14.6 Å². The van der Waals surface area contributed by atoms with Gasteiger partial charge in [-0.1, -0.05) is 41.0 Å². The molecule has 3 rings (SSSR count). The summed E-state index contributed by atoms with van der Waals surface area (Å²) in [6.45, 7) is 15.8. The fourth-order valence-corrected chi connectivity index (χ4v) is 4.42. The van der Waals surface area contributed by atoms with Gasteiger partial charge < -0.3 is 34.2 Å². The Morgan fingerprint density at radius 1 is 1.00 bits per heavy atom. The quantitative estimate of drug-likeness (QED) is 0.237. The number of rotatable bonds is 12. The fraction of sp³-hybridized carbons (Fsp3) is 0.677. The lowest BCUT2D eigenvalue weighted by Gasteiger charge is -2.31. The van der Waals surface area contributed by atoms with Crippen LogP contribution in [0.15, 0.2) is 18.5 Å². The van der Waals surface area contributed by atoms with Gasteiger partial charge in [-0.2, -0.15) is 10.4 Å². The molecule has 0 aliphatic carbocycles. The average molecular weight is 632 g/mol. The smallest absolute Gasteiger partial charge is 0.455 e. The van der Waals surface area contributed by atoms with E-state index in [9.17, 15) is 19.6 Å². The van der Waals surface area contributed by atoms with Crippen molar-refractivity contribution in [1.29, 1.82) is 5.26 Å². The van der Waals surface area contributed by atoms with E-state index in [1.807, 2.05) is 34.6 Å². The van der Waals surface area contributed by atoms with Gasteiger partial charge in [0.1, 0.15) is 41.8 Å². The molecule has 0 bridgehead atoms. The van der Waals surface area contributed by atoms with Crippen LogP contribution in [0.1, 0.15) is 93.7 Å². The summed E-state index contributed by atoms with van der Waals surface area (Å²) in [5.41, 5.74) is 2.23. The van der Waals surface area contributed by atoms with Crippen LogP contribution in [0.5, 0.6) is 0 Å². The molecule has 0 saturated carbocycles. The Kier molecular flexibility index (Phi) is 10.6. The molecular formula is C31H45N5O9. The molecular weight excluding hydrogens is 586 g/mol. The highest BCUT2D eigenvalue weighted by Gasteiger charge is 2.63. The molecule has 0 amide bonds. The first-order valence-electron chi connectivity index (χ1n) is 15.1. The van der Waals surface area contributed by atoms with Crippen LogP contribution in [0.25, 0.3) is 5.52 Å². The van der Waals surface area contributed by atoms with Crippen molar-refractivity contribution in [3.63, 3.8) is 0 Å². The van der Waals surface area contributed by atoms with Crippen molar-refractivity contribution in [3.8, 4) is 6.07 Å². The third-order valence-electron chi connectivity index (χ3n) is 8.29. The van der Waals surface area contributed by atoms with E-state index in [4.69, 9.17) is 34.2 Å². The maximum atomic E-state index is 13.3. The summed E-state index contributed by atoms with van der Waals surface area (Å²) in [6.07, 6.45) is -3.55. The Bertz CT molecular complexity index is 1430. The second kappa shape index (κ2) is 13.5. The minimum absolute atomic E-state index is 0.0116. The molecule has 14 heteroatoms. The van der Waals surface area contributed by atoms with Gasteiger partial charge in [0.05, 0.1) is 12.1 Å². The number of nitrogens with zero attached hydrogens (tertiary/aromatic N) is 4. The van der Waals surface area contributed by atoms with Crippen molar-refractivity contribution in [2.24, 2.45) is 5.41 Å². The number of nitriles is 1. The number of carbonyl (C=O) groups excluding carboxylic acids is 3. The Morgan fingerprint density at radius 2 is 1.62 bits per heavy atom. The van der Waals surface area contributed by atoms with Crippen LogP contribution in [0.3, 0.4) is 0 Å². The Labute approximate surface area is 263 Å². The van der Waals surface area contributed by atoms with Crippen LogP contribution in [0, 0.1) is 16.7 Å². The Hall–Kier alpha value is -4.12. The largest absolute Gasteiger partial charge is 0.509 e. The summed E-state index contributed by atoms with van der Waals surface area (Å²) >= 11 is 0. The second-order valence-corrected chi connectivity index (χ2v) is 13.1. The van der Waals surface area contributed by atoms with E-state index in [0.717, 1.165) is 0 Å². The van der Waals surface area contributed by atoms with Gasteiger partial charge >= 0.3 is 18.3 Å². The third kappa shape index (κ3) is 8.13. The zero-order valence-electron chi connectivity index (χ0n) is 27.5. The number of hydrogen-bond donors (Lipinski definition) is 1. The van der Waals surface area contributed by atoms with Gasteiger partial charge in [-0.25, -0.2) is 19.1 Å². The lowest BCUT2D eigenvalue weighted by Crippen LogP contribution is -2.47. The van der Waals surface area contributed by atoms with Crippen molar-refractivity contribution >= 4 is 29.6 Å². The van der Waals surface area contributed by atoms with Gasteiger partial charge in [-0.15, -0.1) is 0 Å². The first-order valence-corrected chi connectivity index (χ1v) is 15.1. The molecule has 1 aliphatic rings. The lowest BCUT2D eigenvalue weighted by molar-refractivity contribution is -0.160. The maximum absolute atomic E-state index is 13.3. The minimum Gasteiger partial charge on any atom is -0.455 e. The highest BCUT2D eigenvalue weighted by atomic mass is 16.8. The third-order valence-corrected chi connectivity index (χ3v) is 8.29. The number of hydrogen-bond acceptors (Lipinski definition) is 13. The Balaban J connectivity index is 2.12. The van der Waals surface area contributed by atoms with Crippen LogP contribution in [0.4, 0.5) is 15.4 Å². The standard InChI is InChI=1S/C31H45N5O9/c1-10-28(4,5)15-22(37)41-23-20(16-40-26(38)44-29(6,7)11-2)43-31(17-32,24(23)42-27(39)45-30(8,9)12-3)21-14-13-19-25(33)34-18-35-36(19)21/h13-14,18,20,23-24H,10-12,15-16H2,1-9H3,(H2,33,34,35)/t20-,23-,24-,31+/m1/s1. The predicted octanol–water partition coefficient (Wildman–Crippen LogP) is 5.22. The van der Waals surface area contributed by atoms with Gasteiger partial charge in [0.15, 0.2) is 18.0 Å². The van der Waals surface area contributed by atoms with Gasteiger partial charge in [0.25, 0.3) is 0 Å². The zero-order valence-corrected chi connectivity index (χ0v) is 27.5. The molecule has 248 valence electrons. The molecule has 1 aliphatic heterocycles. The molecule has 0 aromatic carbocycles. The highest BCUT2D eigenvalue weighted by molar-refractivity contribution is 5.71. The van der Waals surface area contributed by atoms with Crippen LogP contribution in [-0.2, 0) is 38.8 Å². The normalized spacial score (nSPS) is 22.0. The van der Waals surface area contributed by atoms with Crippen LogP contribution < -0.4 is 5.73 Å². The number of esters is 1. The maximum Gasteiger partial charge on any atom is 0.509 e. The van der Waals surface area contributed by atoms with Crippen LogP contribution in [-0.4, -0.2) is 69.0 Å². The number of nitrogen functional groups attached to an aromatic ring is 1. The van der Waals surface area contributed by atoms with Crippen molar-refractivity contribution in [3.05, 3.63) is 24.2 Å². The molecule has 1 fully saturated rings. The van der Waals surface area contributed by atoms with Crippen molar-refractivity contribution < 1.29 is 42.8 Å². The van der Waals surface area contributed by atoms with Crippen LogP contribution in [0.2, 0.25) is 0 Å². The van der Waals surface area contributed by atoms with Gasteiger partial charge in [-0.3, -0.25) is 4.79 Å². The molecule has 4 atom stereocenters. The van der Waals surface area contributed by atoms with Crippen molar-refractivity contribution in [2.75, 3.05) is 12.3 Å². The van der Waals surface area contributed by atoms with Crippen LogP contribution >= 0.6 is 0 Å². The molecule has 2 N–H and O–H groups in total. The summed E-state index contributed by atoms with van der Waals surface area (Å²) in [4.78, 5) is 43.2. The van der Waals surface area contributed by atoms with Crippen molar-refractivity contribution in [2.45, 2.75) is 123 Å². The highest BCUT2D eigenvalue weighted by Crippen LogP contribution is 2.44. The lowest BCUT2D eigenvalue weighted by atomic mass is 9.86. The molecule has 0 radical (unpaired) electrons. The molecule has 2 aromatic heterocycles. The number of ether oxygens (including phenoxy) is 6. The number of carbonyl (C=O) groups is 3. The number of aromatic nitrogens is 3. The summed E-state index contributed by atoms with van der Waals surface area (Å²) in [7, 11) is 0.